The van der Waals surface area contributed by atoms with E-state index in [1.807, 2.05) is 30.3 Å². The highest BCUT2D eigenvalue weighted by molar-refractivity contribution is 6.33. The van der Waals surface area contributed by atoms with E-state index < -0.39 is 0 Å². The number of rotatable bonds is 10. The Kier molecular flexibility index (Phi) is 8.72. The Morgan fingerprint density at radius 2 is 1.93 bits per heavy atom. The van der Waals surface area contributed by atoms with Gasteiger partial charge in [0.05, 0.1) is 24.4 Å². The van der Waals surface area contributed by atoms with Crippen LogP contribution in [0.3, 0.4) is 0 Å². The molecular weight excluding hydrogens is 362 g/mol. The van der Waals surface area contributed by atoms with Crippen molar-refractivity contribution in [3.63, 3.8) is 0 Å². The maximum Gasteiger partial charge on any atom is 0.248 e. The Morgan fingerprint density at radius 1 is 1.11 bits per heavy atom. The molecule has 0 saturated heterocycles. The smallest absolute Gasteiger partial charge is 0.248 e. The molecule has 1 N–H and O–H groups in total. The Labute approximate surface area is 166 Å². The standard InChI is InChI=1S/C22H26ClNO3/c1-3-4-5-8-15-27-20-13-11-17(16-21(20)26-2)12-14-22(25)24-19-10-7-6-9-18(19)23/h6-7,9-14,16H,3-5,8,15H2,1-2H3,(H,24,25). The van der Waals surface area contributed by atoms with E-state index in [1.165, 1.54) is 25.3 Å². The second-order valence-electron chi connectivity index (χ2n) is 6.12. The van der Waals surface area contributed by atoms with Crippen molar-refractivity contribution in [3.05, 3.63) is 59.1 Å². The van der Waals surface area contributed by atoms with Crippen LogP contribution in [0.1, 0.15) is 38.2 Å². The van der Waals surface area contributed by atoms with Crippen molar-refractivity contribution in [3.8, 4) is 11.5 Å². The molecule has 0 atom stereocenters. The summed E-state index contributed by atoms with van der Waals surface area (Å²) >= 11 is 6.04. The molecule has 144 valence electrons. The number of nitrogens with one attached hydrogen (secondary N) is 1. The maximum atomic E-state index is 12.1. The minimum absolute atomic E-state index is 0.252. The number of hydrogen-bond acceptors (Lipinski definition) is 3. The van der Waals surface area contributed by atoms with E-state index in [4.69, 9.17) is 21.1 Å². The zero-order valence-electron chi connectivity index (χ0n) is 15.8. The van der Waals surface area contributed by atoms with E-state index in [0.717, 1.165) is 12.0 Å². The molecule has 0 radical (unpaired) electrons. The molecule has 0 saturated carbocycles. The predicted molar refractivity (Wildman–Crippen MR) is 112 cm³/mol. The number of carbonyl (C=O) groups excluding carboxylic acids is 1. The monoisotopic (exact) mass is 387 g/mol. The van der Waals surface area contributed by atoms with Crippen molar-refractivity contribution in [2.75, 3.05) is 19.0 Å². The van der Waals surface area contributed by atoms with Crippen molar-refractivity contribution in [1.82, 2.24) is 0 Å². The van der Waals surface area contributed by atoms with Gasteiger partial charge in [0.1, 0.15) is 0 Å². The summed E-state index contributed by atoms with van der Waals surface area (Å²) in [5.74, 6) is 1.11. The quantitative estimate of drug-likeness (QED) is 0.404. The second-order valence-corrected chi connectivity index (χ2v) is 6.53. The second kappa shape index (κ2) is 11.3. The number of carbonyl (C=O) groups is 1. The van der Waals surface area contributed by atoms with Crippen LogP contribution in [0.2, 0.25) is 5.02 Å². The Balaban J connectivity index is 1.94. The minimum atomic E-state index is -0.252. The minimum Gasteiger partial charge on any atom is -0.493 e. The molecular formula is C22H26ClNO3. The van der Waals surface area contributed by atoms with Crippen LogP contribution in [0.5, 0.6) is 11.5 Å². The molecule has 2 rings (SSSR count). The molecule has 5 heteroatoms. The summed E-state index contributed by atoms with van der Waals surface area (Å²) in [4.78, 5) is 12.1. The first-order valence-electron chi connectivity index (χ1n) is 9.18. The van der Waals surface area contributed by atoms with Gasteiger partial charge in [-0.15, -0.1) is 0 Å². The lowest BCUT2D eigenvalue weighted by Crippen LogP contribution is -2.07. The molecule has 1 amide bonds. The summed E-state index contributed by atoms with van der Waals surface area (Å²) in [7, 11) is 1.61. The third kappa shape index (κ3) is 6.99. The lowest BCUT2D eigenvalue weighted by molar-refractivity contribution is -0.111. The van der Waals surface area contributed by atoms with Gasteiger partial charge in [0, 0.05) is 6.08 Å². The van der Waals surface area contributed by atoms with Gasteiger partial charge in [0.2, 0.25) is 5.91 Å². The molecule has 0 aliphatic heterocycles. The van der Waals surface area contributed by atoms with E-state index in [2.05, 4.69) is 12.2 Å². The third-order valence-corrected chi connectivity index (χ3v) is 4.33. The summed E-state index contributed by atoms with van der Waals surface area (Å²) in [5, 5.41) is 3.25. The van der Waals surface area contributed by atoms with Crippen LogP contribution in [0.4, 0.5) is 5.69 Å². The number of benzene rings is 2. The highest BCUT2D eigenvalue weighted by Gasteiger charge is 2.06. The Hall–Kier alpha value is -2.46. The van der Waals surface area contributed by atoms with Crippen molar-refractivity contribution >= 4 is 29.3 Å². The van der Waals surface area contributed by atoms with Crippen LogP contribution in [0.15, 0.2) is 48.5 Å². The molecule has 4 nitrogen and oxygen atoms in total. The summed E-state index contributed by atoms with van der Waals surface area (Å²) in [6.45, 7) is 2.86. The van der Waals surface area contributed by atoms with Gasteiger partial charge in [-0.25, -0.2) is 0 Å². The highest BCUT2D eigenvalue weighted by atomic mass is 35.5. The summed E-state index contributed by atoms with van der Waals surface area (Å²) < 4.78 is 11.2. The summed E-state index contributed by atoms with van der Waals surface area (Å²) in [6, 6.07) is 12.7. The molecule has 0 fully saturated rings. The van der Waals surface area contributed by atoms with Crippen molar-refractivity contribution in [2.24, 2.45) is 0 Å². The van der Waals surface area contributed by atoms with Gasteiger partial charge in [-0.05, 0) is 42.3 Å². The number of halogens is 1. The van der Waals surface area contributed by atoms with Gasteiger partial charge < -0.3 is 14.8 Å². The first-order chi connectivity index (χ1) is 13.1. The van der Waals surface area contributed by atoms with Gasteiger partial charge in [-0.2, -0.15) is 0 Å². The van der Waals surface area contributed by atoms with Crippen LogP contribution in [-0.2, 0) is 4.79 Å². The summed E-state index contributed by atoms with van der Waals surface area (Å²) in [5.41, 5.74) is 1.43. The average molecular weight is 388 g/mol. The first-order valence-corrected chi connectivity index (χ1v) is 9.56. The van der Waals surface area contributed by atoms with Crippen molar-refractivity contribution < 1.29 is 14.3 Å². The molecule has 0 aliphatic rings. The Morgan fingerprint density at radius 3 is 2.67 bits per heavy atom. The number of para-hydroxylation sites is 1. The summed E-state index contributed by atoms with van der Waals surface area (Å²) in [6.07, 6.45) is 7.80. The SMILES string of the molecule is CCCCCCOc1ccc(C=CC(=O)Nc2ccccc2Cl)cc1OC. The molecule has 0 unspecified atom stereocenters. The topological polar surface area (TPSA) is 47.6 Å². The number of anilines is 1. The van der Waals surface area contributed by atoms with Crippen LogP contribution in [0.25, 0.3) is 6.08 Å². The van der Waals surface area contributed by atoms with Crippen molar-refractivity contribution in [1.29, 1.82) is 0 Å². The lowest BCUT2D eigenvalue weighted by Gasteiger charge is -2.11. The van der Waals surface area contributed by atoms with Crippen molar-refractivity contribution in [2.45, 2.75) is 32.6 Å². The Bertz CT molecular complexity index is 774. The number of methoxy groups -OCH3 is 1. The van der Waals surface area contributed by atoms with Gasteiger partial charge >= 0.3 is 0 Å². The van der Waals surface area contributed by atoms with Crippen LogP contribution in [0, 0.1) is 0 Å². The normalized spacial score (nSPS) is 10.8. The molecule has 0 aliphatic carbocycles. The zero-order chi connectivity index (χ0) is 19.5. The van der Waals surface area contributed by atoms with Crippen LogP contribution >= 0.6 is 11.6 Å². The molecule has 2 aromatic carbocycles. The zero-order valence-corrected chi connectivity index (χ0v) is 16.6. The maximum absolute atomic E-state index is 12.1. The molecule has 0 heterocycles. The molecule has 0 aromatic heterocycles. The number of unbranched alkanes of at least 4 members (excludes halogenated alkanes) is 3. The third-order valence-electron chi connectivity index (χ3n) is 4.00. The molecule has 0 spiro atoms. The largest absolute Gasteiger partial charge is 0.493 e. The fraction of sp³-hybridized carbons (Fsp3) is 0.318. The van der Waals surface area contributed by atoms with E-state index in [9.17, 15) is 4.79 Å². The average Bonchev–Trinajstić information content (AvgIpc) is 2.68. The van der Waals surface area contributed by atoms with E-state index in [0.29, 0.717) is 28.8 Å². The van der Waals surface area contributed by atoms with E-state index >= 15 is 0 Å². The molecule has 2 aromatic rings. The molecule has 27 heavy (non-hydrogen) atoms. The number of hydrogen-bond donors (Lipinski definition) is 1. The highest BCUT2D eigenvalue weighted by Crippen LogP contribution is 2.29. The van der Waals surface area contributed by atoms with Gasteiger partial charge in [-0.1, -0.05) is 56.0 Å². The van der Waals surface area contributed by atoms with Gasteiger partial charge in [0.15, 0.2) is 11.5 Å². The predicted octanol–water partition coefficient (Wildman–Crippen LogP) is 5.96. The van der Waals surface area contributed by atoms with Crippen LogP contribution < -0.4 is 14.8 Å². The lowest BCUT2D eigenvalue weighted by atomic mass is 10.2. The van der Waals surface area contributed by atoms with E-state index in [-0.39, 0.29) is 5.91 Å². The number of amides is 1. The van der Waals surface area contributed by atoms with Gasteiger partial charge in [-0.3, -0.25) is 4.79 Å². The van der Waals surface area contributed by atoms with Crippen LogP contribution in [-0.4, -0.2) is 19.6 Å². The number of ether oxygens (including phenoxy) is 2. The van der Waals surface area contributed by atoms with E-state index in [1.54, 1.807) is 25.3 Å². The first kappa shape index (κ1) is 20.8. The fourth-order valence-electron chi connectivity index (χ4n) is 2.53. The van der Waals surface area contributed by atoms with Gasteiger partial charge in [0.25, 0.3) is 0 Å². The fourth-order valence-corrected chi connectivity index (χ4v) is 2.71. The molecule has 0 bridgehead atoms.